The fourth-order valence-corrected chi connectivity index (χ4v) is 4.13. The van der Waals surface area contributed by atoms with Crippen molar-refractivity contribution in [3.05, 3.63) is 97.9 Å². The lowest BCUT2D eigenvalue weighted by atomic mass is 10.0. The number of amides is 2. The second-order valence-electron chi connectivity index (χ2n) is 8.13. The lowest BCUT2D eigenvalue weighted by Crippen LogP contribution is -2.30. The van der Waals surface area contributed by atoms with Crippen molar-refractivity contribution < 1.29 is 14.3 Å². The van der Waals surface area contributed by atoms with Crippen LogP contribution < -0.4 is 26.7 Å². The summed E-state index contributed by atoms with van der Waals surface area (Å²) in [5.41, 5.74) is 6.71. The average Bonchev–Trinajstić information content (AvgIpc) is 2.88. The van der Waals surface area contributed by atoms with Gasteiger partial charge in [-0.2, -0.15) is 0 Å². The fourth-order valence-electron chi connectivity index (χ4n) is 3.77. The predicted molar refractivity (Wildman–Crippen MR) is 151 cm³/mol. The Hall–Kier alpha value is -3.63. The molecule has 1 unspecified atom stereocenters. The van der Waals surface area contributed by atoms with Crippen LogP contribution in [0.3, 0.4) is 0 Å². The van der Waals surface area contributed by atoms with Crippen LogP contribution in [0.15, 0.2) is 65.6 Å². The number of halogens is 3. The third kappa shape index (κ3) is 6.62. The van der Waals surface area contributed by atoms with Gasteiger partial charge in [0.25, 0.3) is 17.4 Å². The number of pyridine rings is 2. The molecule has 12 heteroatoms. The second-order valence-corrected chi connectivity index (χ2v) is 8.98. The smallest absolute Gasteiger partial charge is 0.261 e. The van der Waals surface area contributed by atoms with Crippen LogP contribution in [0.2, 0.25) is 10.0 Å². The van der Waals surface area contributed by atoms with Crippen LogP contribution in [-0.4, -0.2) is 35.4 Å². The molecule has 4 aromatic rings. The van der Waals surface area contributed by atoms with Crippen molar-refractivity contribution in [2.75, 3.05) is 19.0 Å². The molecule has 0 fully saturated rings. The summed E-state index contributed by atoms with van der Waals surface area (Å²) in [5.74, 6) is -0.765. The maximum atomic E-state index is 13.0. The summed E-state index contributed by atoms with van der Waals surface area (Å²) in [4.78, 5) is 45.3. The number of hydrogen-bond acceptors (Lipinski definition) is 6. The van der Waals surface area contributed by atoms with E-state index in [4.69, 9.17) is 33.7 Å². The maximum absolute atomic E-state index is 13.0. The number of carbonyl (C=O) groups excluding carboxylic acids is 2. The minimum Gasteiger partial charge on any atom is -0.481 e. The molecule has 0 saturated heterocycles. The van der Waals surface area contributed by atoms with Crippen LogP contribution in [0, 0.1) is 0 Å². The first-order chi connectivity index (χ1) is 17.8. The Morgan fingerprint density at radius 2 is 1.89 bits per heavy atom. The van der Waals surface area contributed by atoms with Gasteiger partial charge < -0.3 is 26.1 Å². The van der Waals surface area contributed by atoms with Crippen molar-refractivity contribution in [2.24, 2.45) is 5.73 Å². The molecule has 1 atom stereocenters. The van der Waals surface area contributed by atoms with E-state index >= 15 is 0 Å². The van der Waals surface area contributed by atoms with Crippen molar-refractivity contribution in [3.63, 3.8) is 0 Å². The fraction of sp³-hybridized carbons (Fsp3) is 0.154. The van der Waals surface area contributed by atoms with E-state index in [9.17, 15) is 14.4 Å². The number of nitrogens with zero attached hydrogens (tertiary/aromatic N) is 1. The SMILES string of the molecule is COc1cc2[nH]c(=O)c(C(=O)Nc3cc(C(=O)NC(CCN)c4cccc(Cl)c4)ccc3Cl)cc2cn1.Cl. The molecule has 0 radical (unpaired) electrons. The van der Waals surface area contributed by atoms with Crippen molar-refractivity contribution in [3.8, 4) is 5.88 Å². The molecule has 0 aliphatic rings. The molecule has 0 spiro atoms. The number of rotatable bonds is 8. The first kappa shape index (κ1) is 28.9. The number of aromatic nitrogens is 2. The van der Waals surface area contributed by atoms with Crippen molar-refractivity contribution in [1.82, 2.24) is 15.3 Å². The molecule has 198 valence electrons. The molecule has 2 amide bonds. The molecule has 0 bridgehead atoms. The van der Waals surface area contributed by atoms with Gasteiger partial charge in [-0.15, -0.1) is 12.4 Å². The van der Waals surface area contributed by atoms with Gasteiger partial charge in [0.2, 0.25) is 5.88 Å². The van der Waals surface area contributed by atoms with Crippen molar-refractivity contribution in [1.29, 1.82) is 0 Å². The van der Waals surface area contributed by atoms with Crippen LogP contribution in [0.4, 0.5) is 5.69 Å². The minimum absolute atomic E-state index is 0. The molecule has 2 aromatic heterocycles. The first-order valence-electron chi connectivity index (χ1n) is 11.2. The molecular weight excluding hydrogens is 553 g/mol. The Morgan fingerprint density at radius 3 is 2.61 bits per heavy atom. The van der Waals surface area contributed by atoms with E-state index < -0.39 is 17.4 Å². The van der Waals surface area contributed by atoms with Gasteiger partial charge in [-0.1, -0.05) is 35.3 Å². The largest absolute Gasteiger partial charge is 0.481 e. The summed E-state index contributed by atoms with van der Waals surface area (Å²) < 4.78 is 5.06. The molecule has 9 nitrogen and oxygen atoms in total. The molecule has 2 heterocycles. The Morgan fingerprint density at radius 1 is 1.11 bits per heavy atom. The van der Waals surface area contributed by atoms with Crippen LogP contribution in [0.5, 0.6) is 5.88 Å². The van der Waals surface area contributed by atoms with Crippen molar-refractivity contribution in [2.45, 2.75) is 12.5 Å². The monoisotopic (exact) mass is 575 g/mol. The number of anilines is 1. The highest BCUT2D eigenvalue weighted by atomic mass is 35.5. The second kappa shape index (κ2) is 12.7. The molecular formula is C26H24Cl3N5O4. The van der Waals surface area contributed by atoms with Gasteiger partial charge in [0.1, 0.15) is 5.56 Å². The number of nitrogens with one attached hydrogen (secondary N) is 3. The lowest BCUT2D eigenvalue weighted by Gasteiger charge is -2.19. The Bertz CT molecular complexity index is 1540. The predicted octanol–water partition coefficient (Wildman–Crippen LogP) is 4.73. The van der Waals surface area contributed by atoms with Gasteiger partial charge in [0.05, 0.1) is 29.4 Å². The number of H-pyrrole nitrogens is 1. The Labute approximate surface area is 234 Å². The lowest BCUT2D eigenvalue weighted by molar-refractivity contribution is 0.0934. The van der Waals surface area contributed by atoms with E-state index in [0.717, 1.165) is 5.56 Å². The highest BCUT2D eigenvalue weighted by molar-refractivity contribution is 6.34. The van der Waals surface area contributed by atoms with E-state index in [1.54, 1.807) is 24.3 Å². The van der Waals surface area contributed by atoms with Gasteiger partial charge in [-0.05, 0) is 54.9 Å². The van der Waals surface area contributed by atoms with Gasteiger partial charge in [-0.25, -0.2) is 4.98 Å². The normalized spacial score (nSPS) is 11.4. The quantitative estimate of drug-likeness (QED) is 0.239. The van der Waals surface area contributed by atoms with E-state index in [0.29, 0.717) is 34.8 Å². The zero-order valence-corrected chi connectivity index (χ0v) is 22.4. The van der Waals surface area contributed by atoms with Crippen LogP contribution >= 0.6 is 35.6 Å². The Kier molecular flexibility index (Phi) is 9.71. The zero-order valence-electron chi connectivity index (χ0n) is 20.1. The number of carbonyl (C=O) groups is 2. The first-order valence-corrected chi connectivity index (χ1v) is 12.0. The molecule has 0 saturated carbocycles. The zero-order chi connectivity index (χ0) is 26.5. The van der Waals surface area contributed by atoms with Gasteiger partial charge in [-0.3, -0.25) is 14.4 Å². The summed E-state index contributed by atoms with van der Waals surface area (Å²) in [6, 6.07) is 14.2. The molecule has 4 rings (SSSR count). The number of ether oxygens (including phenoxy) is 1. The number of nitrogens with two attached hydrogens (primary N) is 1. The van der Waals surface area contributed by atoms with E-state index in [1.807, 2.05) is 6.07 Å². The minimum atomic E-state index is -0.696. The number of aromatic amines is 1. The summed E-state index contributed by atoms with van der Waals surface area (Å²) >= 11 is 12.4. The molecule has 5 N–H and O–H groups in total. The Balaban J connectivity index is 0.00000400. The molecule has 0 aliphatic heterocycles. The van der Waals surface area contributed by atoms with Crippen LogP contribution in [-0.2, 0) is 0 Å². The average molecular weight is 577 g/mol. The summed E-state index contributed by atoms with van der Waals surface area (Å²) in [7, 11) is 1.46. The topological polar surface area (TPSA) is 139 Å². The molecule has 38 heavy (non-hydrogen) atoms. The molecule has 0 aliphatic carbocycles. The number of benzene rings is 2. The third-order valence-electron chi connectivity index (χ3n) is 5.64. The van der Waals surface area contributed by atoms with Crippen LogP contribution in [0.1, 0.15) is 38.7 Å². The third-order valence-corrected chi connectivity index (χ3v) is 6.21. The summed E-state index contributed by atoms with van der Waals surface area (Å²) in [5, 5.41) is 6.84. The number of fused-ring (bicyclic) bond motifs is 1. The molecule has 2 aromatic carbocycles. The van der Waals surface area contributed by atoms with E-state index in [2.05, 4.69) is 20.6 Å². The highest BCUT2D eigenvalue weighted by Gasteiger charge is 2.19. The van der Waals surface area contributed by atoms with Gasteiger partial charge in [0.15, 0.2) is 0 Å². The highest BCUT2D eigenvalue weighted by Crippen LogP contribution is 2.26. The standard InChI is InChI=1S/C26H23Cl2N5O4.ClH/c1-37-23-12-21-16(13-30-23)10-18(25(35)32-21)26(36)33-22-11-15(5-6-19(22)28)24(34)31-20(7-8-29)14-3-2-4-17(27)9-14;/h2-6,9-13,20H,7-8,29H2,1H3,(H,31,34)(H,32,35)(H,33,36);1H. The van der Waals surface area contributed by atoms with Gasteiger partial charge in [0, 0.05) is 28.2 Å². The van der Waals surface area contributed by atoms with Gasteiger partial charge >= 0.3 is 0 Å². The van der Waals surface area contributed by atoms with E-state index in [1.165, 1.54) is 37.6 Å². The van der Waals surface area contributed by atoms with Crippen molar-refractivity contribution >= 4 is 64.0 Å². The number of methoxy groups -OCH3 is 1. The number of hydrogen-bond donors (Lipinski definition) is 4. The summed E-state index contributed by atoms with van der Waals surface area (Å²) in [6.45, 7) is 0.349. The van der Waals surface area contributed by atoms with E-state index in [-0.39, 0.29) is 40.3 Å². The van der Waals surface area contributed by atoms with Crippen LogP contribution in [0.25, 0.3) is 10.9 Å². The maximum Gasteiger partial charge on any atom is 0.261 e. The summed E-state index contributed by atoms with van der Waals surface area (Å²) in [6.07, 6.45) is 1.98.